The predicted molar refractivity (Wildman–Crippen MR) is 106 cm³/mol. The molecule has 2 unspecified atom stereocenters. The molecule has 3 nitrogen and oxygen atoms in total. The first-order valence-corrected chi connectivity index (χ1v) is 9.62. The van der Waals surface area contributed by atoms with Gasteiger partial charge in [0.05, 0.1) is 6.04 Å². The molecule has 2 aliphatic heterocycles. The van der Waals surface area contributed by atoms with Gasteiger partial charge in [-0.2, -0.15) is 0 Å². The van der Waals surface area contributed by atoms with Gasteiger partial charge in [0.25, 0.3) is 0 Å². The minimum Gasteiger partial charge on any atom is -0.444 e. The van der Waals surface area contributed by atoms with Crippen molar-refractivity contribution in [1.29, 1.82) is 0 Å². The van der Waals surface area contributed by atoms with Gasteiger partial charge in [0.1, 0.15) is 5.60 Å². The SMILES string of the molecule is CC(C)(C)OC(=O)N1C2C=C(c3cccc4ccccc34)CC1CCC2. The number of nitrogens with zero attached hydrogens (tertiary/aromatic N) is 1. The number of benzene rings is 2. The lowest BCUT2D eigenvalue weighted by atomic mass is 9.82. The first-order chi connectivity index (χ1) is 12.4. The highest BCUT2D eigenvalue weighted by atomic mass is 16.6. The Hall–Kier alpha value is -2.29. The molecule has 1 fully saturated rings. The van der Waals surface area contributed by atoms with Crippen molar-refractivity contribution in [2.24, 2.45) is 0 Å². The highest BCUT2D eigenvalue weighted by molar-refractivity contribution is 5.94. The molecule has 2 aliphatic rings. The predicted octanol–water partition coefficient (Wildman–Crippen LogP) is 5.79. The van der Waals surface area contributed by atoms with E-state index in [2.05, 4.69) is 48.5 Å². The van der Waals surface area contributed by atoms with Crippen LogP contribution < -0.4 is 0 Å². The Bertz CT molecular complexity index is 857. The summed E-state index contributed by atoms with van der Waals surface area (Å²) in [4.78, 5) is 14.7. The summed E-state index contributed by atoms with van der Waals surface area (Å²) in [5.74, 6) is 0. The van der Waals surface area contributed by atoms with Gasteiger partial charge in [0.2, 0.25) is 0 Å². The fourth-order valence-corrected chi connectivity index (χ4v) is 4.33. The molecule has 26 heavy (non-hydrogen) atoms. The number of rotatable bonds is 1. The minimum atomic E-state index is -0.453. The van der Waals surface area contributed by atoms with E-state index in [1.165, 1.54) is 28.3 Å². The summed E-state index contributed by atoms with van der Waals surface area (Å²) in [6, 6.07) is 15.4. The number of ether oxygens (including phenoxy) is 1. The molecule has 2 aromatic rings. The van der Waals surface area contributed by atoms with Gasteiger partial charge in [0.15, 0.2) is 0 Å². The molecule has 2 bridgehead atoms. The summed E-state index contributed by atoms with van der Waals surface area (Å²) in [6.45, 7) is 5.80. The van der Waals surface area contributed by atoms with Gasteiger partial charge >= 0.3 is 6.09 Å². The van der Waals surface area contributed by atoms with Crippen LogP contribution in [0, 0.1) is 0 Å². The third kappa shape index (κ3) is 3.23. The molecule has 136 valence electrons. The van der Waals surface area contributed by atoms with Gasteiger partial charge in [-0.25, -0.2) is 4.79 Å². The van der Waals surface area contributed by atoms with Crippen LogP contribution >= 0.6 is 0 Å². The average molecular weight is 349 g/mol. The van der Waals surface area contributed by atoms with Crippen LogP contribution in [-0.2, 0) is 4.74 Å². The highest BCUT2D eigenvalue weighted by Crippen LogP contribution is 2.39. The largest absolute Gasteiger partial charge is 0.444 e. The summed E-state index contributed by atoms with van der Waals surface area (Å²) in [7, 11) is 0. The number of carbonyl (C=O) groups is 1. The van der Waals surface area contributed by atoms with Crippen molar-refractivity contribution in [2.75, 3.05) is 0 Å². The molecule has 4 rings (SSSR count). The molecule has 2 atom stereocenters. The van der Waals surface area contributed by atoms with Gasteiger partial charge in [-0.15, -0.1) is 0 Å². The van der Waals surface area contributed by atoms with E-state index in [9.17, 15) is 4.79 Å². The molecule has 2 heterocycles. The summed E-state index contributed by atoms with van der Waals surface area (Å²) in [5, 5.41) is 2.57. The zero-order valence-corrected chi connectivity index (χ0v) is 15.9. The normalized spacial score (nSPS) is 22.9. The number of amides is 1. The Morgan fingerprint density at radius 1 is 1.08 bits per heavy atom. The molecule has 1 amide bonds. The van der Waals surface area contributed by atoms with E-state index < -0.39 is 5.60 Å². The highest BCUT2D eigenvalue weighted by Gasteiger charge is 2.39. The van der Waals surface area contributed by atoms with Gasteiger partial charge < -0.3 is 4.74 Å². The van der Waals surface area contributed by atoms with Crippen LogP contribution in [0.15, 0.2) is 48.5 Å². The van der Waals surface area contributed by atoms with Crippen molar-refractivity contribution in [2.45, 2.75) is 64.1 Å². The number of hydrogen-bond donors (Lipinski definition) is 0. The van der Waals surface area contributed by atoms with Crippen molar-refractivity contribution in [3.05, 3.63) is 54.1 Å². The number of piperidine rings is 1. The zero-order chi connectivity index (χ0) is 18.3. The molecular weight excluding hydrogens is 322 g/mol. The number of carbonyl (C=O) groups excluding carboxylic acids is 1. The summed E-state index contributed by atoms with van der Waals surface area (Å²) >= 11 is 0. The van der Waals surface area contributed by atoms with E-state index >= 15 is 0 Å². The summed E-state index contributed by atoms with van der Waals surface area (Å²) in [6.07, 6.45) is 6.29. The number of hydrogen-bond acceptors (Lipinski definition) is 2. The molecule has 0 aromatic heterocycles. The van der Waals surface area contributed by atoms with Crippen molar-refractivity contribution < 1.29 is 9.53 Å². The molecule has 2 aromatic carbocycles. The fourth-order valence-electron chi connectivity index (χ4n) is 4.33. The third-order valence-electron chi connectivity index (χ3n) is 5.38. The van der Waals surface area contributed by atoms with Gasteiger partial charge in [-0.05, 0) is 68.4 Å². The first kappa shape index (κ1) is 17.1. The van der Waals surface area contributed by atoms with E-state index in [1.807, 2.05) is 25.7 Å². The van der Waals surface area contributed by atoms with Crippen LogP contribution in [0.5, 0.6) is 0 Å². The molecule has 1 saturated heterocycles. The second kappa shape index (κ2) is 6.46. The van der Waals surface area contributed by atoms with Crippen LogP contribution in [0.1, 0.15) is 52.0 Å². The van der Waals surface area contributed by atoms with E-state index in [0.29, 0.717) is 0 Å². The van der Waals surface area contributed by atoms with Crippen LogP contribution in [0.3, 0.4) is 0 Å². The summed E-state index contributed by atoms with van der Waals surface area (Å²) < 4.78 is 5.68. The van der Waals surface area contributed by atoms with E-state index in [1.54, 1.807) is 0 Å². The van der Waals surface area contributed by atoms with Crippen molar-refractivity contribution in [3.8, 4) is 0 Å². The second-order valence-electron chi connectivity index (χ2n) is 8.46. The second-order valence-corrected chi connectivity index (χ2v) is 8.46. The van der Waals surface area contributed by atoms with Gasteiger partial charge in [-0.3, -0.25) is 4.90 Å². The van der Waals surface area contributed by atoms with Crippen molar-refractivity contribution in [3.63, 3.8) is 0 Å². The standard InChI is InChI=1S/C23H27NO2/c1-23(2,3)26-22(25)24-18-10-7-11-19(24)15-17(14-18)21-13-6-9-16-8-4-5-12-20(16)21/h4-6,8-9,12-14,18-19H,7,10-11,15H2,1-3H3. The molecule has 0 aliphatic carbocycles. The maximum atomic E-state index is 12.8. The molecule has 3 heteroatoms. The Morgan fingerprint density at radius 2 is 1.85 bits per heavy atom. The Labute approximate surface area is 155 Å². The van der Waals surface area contributed by atoms with Crippen LogP contribution in [0.4, 0.5) is 4.79 Å². The average Bonchev–Trinajstić information content (AvgIpc) is 2.58. The lowest BCUT2D eigenvalue weighted by Gasteiger charge is -2.45. The van der Waals surface area contributed by atoms with Gasteiger partial charge in [-0.1, -0.05) is 48.5 Å². The third-order valence-corrected chi connectivity index (χ3v) is 5.38. The summed E-state index contributed by atoms with van der Waals surface area (Å²) in [5.41, 5.74) is 2.23. The van der Waals surface area contributed by atoms with Crippen LogP contribution in [0.2, 0.25) is 0 Å². The molecular formula is C23H27NO2. The van der Waals surface area contributed by atoms with Crippen molar-refractivity contribution >= 4 is 22.4 Å². The van der Waals surface area contributed by atoms with Crippen molar-refractivity contribution in [1.82, 2.24) is 4.90 Å². The van der Waals surface area contributed by atoms with Crippen LogP contribution in [-0.4, -0.2) is 28.7 Å². The maximum absolute atomic E-state index is 12.8. The smallest absolute Gasteiger partial charge is 0.411 e. The zero-order valence-electron chi connectivity index (χ0n) is 15.9. The maximum Gasteiger partial charge on any atom is 0.411 e. The quantitative estimate of drug-likeness (QED) is 0.652. The lowest BCUT2D eigenvalue weighted by Crippen LogP contribution is -2.53. The van der Waals surface area contributed by atoms with E-state index in [0.717, 1.165) is 19.3 Å². The monoisotopic (exact) mass is 349 g/mol. The topological polar surface area (TPSA) is 29.5 Å². The fraction of sp³-hybridized carbons (Fsp3) is 0.435. The molecule has 0 radical (unpaired) electrons. The molecule has 0 N–H and O–H groups in total. The van der Waals surface area contributed by atoms with Gasteiger partial charge in [0, 0.05) is 6.04 Å². The number of fused-ring (bicyclic) bond motifs is 3. The van der Waals surface area contributed by atoms with E-state index in [-0.39, 0.29) is 18.2 Å². The lowest BCUT2D eigenvalue weighted by molar-refractivity contribution is 0.0000928. The van der Waals surface area contributed by atoms with Crippen LogP contribution in [0.25, 0.3) is 16.3 Å². The molecule has 0 spiro atoms. The Balaban J connectivity index is 1.69. The Morgan fingerprint density at radius 3 is 2.62 bits per heavy atom. The molecule has 0 saturated carbocycles. The Kier molecular flexibility index (Phi) is 4.26. The minimum absolute atomic E-state index is 0.145. The first-order valence-electron chi connectivity index (χ1n) is 9.62. The van der Waals surface area contributed by atoms with E-state index in [4.69, 9.17) is 4.74 Å².